The van der Waals surface area contributed by atoms with Crippen molar-refractivity contribution in [2.24, 2.45) is 7.05 Å². The first-order valence-corrected chi connectivity index (χ1v) is 5.07. The van der Waals surface area contributed by atoms with Crippen LogP contribution in [-0.4, -0.2) is 4.98 Å². The van der Waals surface area contributed by atoms with Crippen molar-refractivity contribution in [1.29, 1.82) is 0 Å². The van der Waals surface area contributed by atoms with Crippen molar-refractivity contribution < 1.29 is 4.57 Å². The van der Waals surface area contributed by atoms with Crippen LogP contribution in [-0.2, 0) is 7.05 Å². The molecule has 0 fully saturated rings. The molecule has 0 saturated heterocycles. The number of rotatable bonds is 0. The summed E-state index contributed by atoms with van der Waals surface area (Å²) in [6, 6.07) is 5.83. The quantitative estimate of drug-likeness (QED) is 0.709. The number of aryl methyl sites for hydroxylation is 1. The highest BCUT2D eigenvalue weighted by Crippen LogP contribution is 2.14. The summed E-state index contributed by atoms with van der Waals surface area (Å²) in [6.45, 7) is 1.81. The number of fused-ring (bicyclic) bond motifs is 1. The predicted molar refractivity (Wildman–Crippen MR) is 58.2 cm³/mol. The van der Waals surface area contributed by atoms with Crippen LogP contribution in [0.2, 0.25) is 0 Å². The second kappa shape index (κ2) is 3.20. The van der Waals surface area contributed by atoms with Crippen molar-refractivity contribution >= 4 is 27.0 Å². The van der Waals surface area contributed by atoms with E-state index in [0.29, 0.717) is 5.69 Å². The van der Waals surface area contributed by atoms with E-state index in [4.69, 9.17) is 0 Å². The largest absolute Gasteiger partial charge is 0.315 e. The molecule has 1 heterocycles. The summed E-state index contributed by atoms with van der Waals surface area (Å²) in [5.41, 5.74) is 2.53. The Kier molecular flexibility index (Phi) is 2.15. The van der Waals surface area contributed by atoms with Gasteiger partial charge < -0.3 is 4.98 Å². The molecule has 0 spiro atoms. The predicted octanol–water partition coefficient (Wildman–Crippen LogP) is 1.42. The van der Waals surface area contributed by atoms with Gasteiger partial charge in [-0.05, 0) is 12.1 Å². The van der Waals surface area contributed by atoms with Crippen LogP contribution in [0.25, 0.3) is 11.0 Å². The van der Waals surface area contributed by atoms with Crippen molar-refractivity contribution in [2.75, 3.05) is 0 Å². The highest BCUT2D eigenvalue weighted by Gasteiger charge is 2.12. The number of hydrogen-bond acceptors (Lipinski definition) is 1. The molecule has 1 aromatic heterocycles. The Morgan fingerprint density at radius 2 is 2.14 bits per heavy atom. The summed E-state index contributed by atoms with van der Waals surface area (Å²) in [7, 11) is 1.89. The van der Waals surface area contributed by atoms with Crippen LogP contribution in [0.5, 0.6) is 0 Å². The van der Waals surface area contributed by atoms with E-state index >= 15 is 0 Å². The lowest BCUT2D eigenvalue weighted by Crippen LogP contribution is -2.39. The number of nitrogens with zero attached hydrogens (tertiary/aromatic N) is 1. The molecular weight excluding hydrogens is 244 g/mol. The average Bonchev–Trinajstić information content (AvgIpc) is 2.14. The van der Waals surface area contributed by atoms with E-state index in [0.717, 1.165) is 15.5 Å². The third-order valence-corrected chi connectivity index (χ3v) is 2.89. The van der Waals surface area contributed by atoms with Crippen LogP contribution in [0.3, 0.4) is 0 Å². The molecule has 2 rings (SSSR count). The smallest absolute Gasteiger partial charge is 0.311 e. The Bertz CT molecular complexity index is 560. The fourth-order valence-electron chi connectivity index (χ4n) is 1.45. The lowest BCUT2D eigenvalue weighted by atomic mass is 10.3. The molecule has 0 saturated carbocycles. The lowest BCUT2D eigenvalue weighted by molar-refractivity contribution is -0.652. The van der Waals surface area contributed by atoms with E-state index in [1.165, 1.54) is 0 Å². The summed E-state index contributed by atoms with van der Waals surface area (Å²) >= 11 is 3.37. The van der Waals surface area contributed by atoms with E-state index in [1.807, 2.05) is 29.8 Å². The minimum atomic E-state index is -0.0434. The molecule has 0 amide bonds. The molecule has 0 aliphatic heterocycles. The fourth-order valence-corrected chi connectivity index (χ4v) is 1.81. The molecular formula is C10H10BrN2O+. The molecule has 0 unspecified atom stereocenters. The molecule has 2 aromatic rings. The lowest BCUT2D eigenvalue weighted by Gasteiger charge is -1.99. The van der Waals surface area contributed by atoms with Crippen molar-refractivity contribution in [2.45, 2.75) is 6.92 Å². The average molecular weight is 254 g/mol. The maximum absolute atomic E-state index is 11.5. The van der Waals surface area contributed by atoms with Crippen LogP contribution in [0.15, 0.2) is 27.5 Å². The first kappa shape index (κ1) is 9.40. The molecule has 0 atom stereocenters. The highest BCUT2D eigenvalue weighted by atomic mass is 79.9. The second-order valence-corrected chi connectivity index (χ2v) is 4.18. The Labute approximate surface area is 89.5 Å². The Hall–Kier alpha value is -1.16. The summed E-state index contributed by atoms with van der Waals surface area (Å²) in [5, 5.41) is 0. The molecule has 14 heavy (non-hydrogen) atoms. The maximum Gasteiger partial charge on any atom is 0.315 e. The maximum atomic E-state index is 11.5. The van der Waals surface area contributed by atoms with Gasteiger partial charge in [0.05, 0.1) is 0 Å². The summed E-state index contributed by atoms with van der Waals surface area (Å²) in [6.07, 6.45) is 0. The van der Waals surface area contributed by atoms with E-state index in [1.54, 1.807) is 6.92 Å². The molecule has 1 aromatic carbocycles. The Morgan fingerprint density at radius 3 is 2.86 bits per heavy atom. The van der Waals surface area contributed by atoms with E-state index in [-0.39, 0.29) is 5.56 Å². The third kappa shape index (κ3) is 1.35. The molecule has 0 radical (unpaired) electrons. The minimum absolute atomic E-state index is 0.0434. The van der Waals surface area contributed by atoms with Gasteiger partial charge in [-0.1, -0.05) is 15.9 Å². The van der Waals surface area contributed by atoms with Crippen LogP contribution in [0, 0.1) is 6.92 Å². The van der Waals surface area contributed by atoms with E-state index in [2.05, 4.69) is 20.9 Å². The minimum Gasteiger partial charge on any atom is -0.311 e. The van der Waals surface area contributed by atoms with Gasteiger partial charge in [-0.15, -0.1) is 0 Å². The zero-order valence-corrected chi connectivity index (χ0v) is 9.55. The number of halogens is 1. The van der Waals surface area contributed by atoms with Crippen molar-refractivity contribution in [1.82, 2.24) is 4.98 Å². The van der Waals surface area contributed by atoms with Crippen molar-refractivity contribution in [3.05, 3.63) is 38.7 Å². The molecule has 0 bridgehead atoms. The molecule has 4 heteroatoms. The number of hydrogen-bond donors (Lipinski definition) is 1. The Balaban J connectivity index is 2.98. The second-order valence-electron chi connectivity index (χ2n) is 3.26. The van der Waals surface area contributed by atoms with Gasteiger partial charge in [-0.25, -0.2) is 0 Å². The Morgan fingerprint density at radius 1 is 1.43 bits per heavy atom. The van der Waals surface area contributed by atoms with Gasteiger partial charge in [0.15, 0.2) is 0 Å². The summed E-state index contributed by atoms with van der Waals surface area (Å²) < 4.78 is 2.85. The first-order valence-electron chi connectivity index (χ1n) is 4.28. The molecule has 3 nitrogen and oxygen atoms in total. The van der Waals surface area contributed by atoms with E-state index < -0.39 is 0 Å². The molecule has 0 aliphatic rings. The number of nitrogens with one attached hydrogen (secondary N) is 1. The zero-order valence-electron chi connectivity index (χ0n) is 7.97. The normalized spacial score (nSPS) is 10.8. The van der Waals surface area contributed by atoms with Gasteiger partial charge in [0.1, 0.15) is 12.6 Å². The van der Waals surface area contributed by atoms with Gasteiger partial charge in [0.25, 0.3) is 0 Å². The highest BCUT2D eigenvalue weighted by molar-refractivity contribution is 9.10. The van der Waals surface area contributed by atoms with Crippen molar-refractivity contribution in [3.8, 4) is 0 Å². The van der Waals surface area contributed by atoms with E-state index in [9.17, 15) is 4.79 Å². The van der Waals surface area contributed by atoms with Crippen LogP contribution in [0.1, 0.15) is 5.69 Å². The number of aromatic amines is 1. The topological polar surface area (TPSA) is 36.7 Å². The number of aromatic nitrogens is 2. The van der Waals surface area contributed by atoms with Crippen LogP contribution < -0.4 is 10.1 Å². The summed E-state index contributed by atoms with van der Waals surface area (Å²) in [5.74, 6) is 0. The van der Waals surface area contributed by atoms with Gasteiger partial charge in [-0.2, -0.15) is 4.57 Å². The standard InChI is InChI=1S/C10H9BrN2O/c1-6-10(14)12-8-5-7(11)3-4-9(8)13(6)2/h3-5H,1-2H3/p+1. The fraction of sp³-hybridized carbons (Fsp3) is 0.200. The van der Waals surface area contributed by atoms with Crippen LogP contribution >= 0.6 is 15.9 Å². The van der Waals surface area contributed by atoms with Gasteiger partial charge >= 0.3 is 5.56 Å². The summed E-state index contributed by atoms with van der Waals surface area (Å²) in [4.78, 5) is 14.3. The number of H-pyrrole nitrogens is 1. The monoisotopic (exact) mass is 253 g/mol. The van der Waals surface area contributed by atoms with Gasteiger partial charge in [0.2, 0.25) is 11.2 Å². The van der Waals surface area contributed by atoms with Crippen molar-refractivity contribution in [3.63, 3.8) is 0 Å². The SMILES string of the molecule is Cc1c(=O)[nH]c2cc(Br)ccc2[n+]1C. The third-order valence-electron chi connectivity index (χ3n) is 2.40. The van der Waals surface area contributed by atoms with Gasteiger partial charge in [-0.3, -0.25) is 4.79 Å². The van der Waals surface area contributed by atoms with Crippen LogP contribution in [0.4, 0.5) is 0 Å². The first-order chi connectivity index (χ1) is 6.59. The molecule has 1 N–H and O–H groups in total. The molecule has 0 aliphatic carbocycles. The van der Waals surface area contributed by atoms with Gasteiger partial charge in [0, 0.05) is 17.5 Å². The zero-order chi connectivity index (χ0) is 10.3. The number of benzene rings is 1. The molecule has 72 valence electrons.